The Kier molecular flexibility index (Phi) is 6.11. The molecule has 0 aliphatic carbocycles. The topological polar surface area (TPSA) is 86.8 Å². The zero-order valence-electron chi connectivity index (χ0n) is 17.6. The Morgan fingerprint density at radius 2 is 1.71 bits per heavy atom. The van der Waals surface area contributed by atoms with E-state index in [4.69, 9.17) is 0 Å². The zero-order valence-corrected chi connectivity index (χ0v) is 18.4. The van der Waals surface area contributed by atoms with Gasteiger partial charge in [-0.2, -0.15) is 4.31 Å². The van der Waals surface area contributed by atoms with Crippen LogP contribution in [0, 0.1) is 12.8 Å². The van der Waals surface area contributed by atoms with Crippen molar-refractivity contribution in [3.05, 3.63) is 54.1 Å². The minimum atomic E-state index is -3.62. The number of carbonyl (C=O) groups excluding carboxylic acids is 2. The fourth-order valence-corrected chi connectivity index (χ4v) is 5.65. The van der Waals surface area contributed by atoms with Crippen molar-refractivity contribution < 1.29 is 18.0 Å². The number of rotatable bonds is 5. The van der Waals surface area contributed by atoms with Crippen molar-refractivity contribution >= 4 is 33.2 Å². The Hall–Kier alpha value is -2.71. The van der Waals surface area contributed by atoms with Crippen LogP contribution in [-0.4, -0.2) is 44.2 Å². The lowest BCUT2D eigenvalue weighted by Gasteiger charge is -2.31. The maximum Gasteiger partial charge on any atom is 0.243 e. The van der Waals surface area contributed by atoms with Gasteiger partial charge in [-0.15, -0.1) is 0 Å². The van der Waals surface area contributed by atoms with Gasteiger partial charge in [0.2, 0.25) is 21.8 Å². The van der Waals surface area contributed by atoms with E-state index in [1.54, 1.807) is 41.3 Å². The average Bonchev–Trinajstić information content (AvgIpc) is 3.20. The van der Waals surface area contributed by atoms with Crippen LogP contribution in [0.5, 0.6) is 0 Å². The molecule has 8 heteroatoms. The summed E-state index contributed by atoms with van der Waals surface area (Å²) in [6.07, 6.45) is 2.72. The van der Waals surface area contributed by atoms with Crippen LogP contribution in [0.4, 0.5) is 11.4 Å². The maximum absolute atomic E-state index is 13.0. The summed E-state index contributed by atoms with van der Waals surface area (Å²) in [5.41, 5.74) is 2.46. The summed E-state index contributed by atoms with van der Waals surface area (Å²) in [6.45, 7) is 3.21. The number of benzene rings is 2. The van der Waals surface area contributed by atoms with Crippen LogP contribution in [0.1, 0.15) is 31.2 Å². The molecule has 0 spiro atoms. The molecule has 2 aromatic rings. The molecule has 0 radical (unpaired) electrons. The fourth-order valence-electron chi connectivity index (χ4n) is 4.12. The van der Waals surface area contributed by atoms with Gasteiger partial charge in [0.1, 0.15) is 0 Å². The molecule has 0 saturated carbocycles. The summed E-state index contributed by atoms with van der Waals surface area (Å²) >= 11 is 0. The van der Waals surface area contributed by atoms with Crippen molar-refractivity contribution in [1.29, 1.82) is 0 Å². The molecule has 164 valence electrons. The molecule has 7 nitrogen and oxygen atoms in total. The van der Waals surface area contributed by atoms with Gasteiger partial charge < -0.3 is 10.2 Å². The summed E-state index contributed by atoms with van der Waals surface area (Å²) in [5.74, 6) is -0.475. The van der Waals surface area contributed by atoms with Gasteiger partial charge in [-0.1, -0.05) is 17.7 Å². The molecule has 0 bridgehead atoms. The molecule has 2 amide bonds. The largest absolute Gasteiger partial charge is 0.326 e. The Labute approximate surface area is 183 Å². The van der Waals surface area contributed by atoms with E-state index < -0.39 is 15.9 Å². The van der Waals surface area contributed by atoms with Gasteiger partial charge in [0.05, 0.1) is 10.8 Å². The molecule has 0 aromatic heterocycles. The minimum Gasteiger partial charge on any atom is -0.326 e. The monoisotopic (exact) mass is 441 g/mol. The highest BCUT2D eigenvalue weighted by molar-refractivity contribution is 7.89. The highest BCUT2D eigenvalue weighted by Crippen LogP contribution is 2.26. The first-order valence-electron chi connectivity index (χ1n) is 10.6. The summed E-state index contributed by atoms with van der Waals surface area (Å²) in [7, 11) is -3.62. The van der Waals surface area contributed by atoms with Crippen LogP contribution in [0.3, 0.4) is 0 Å². The molecule has 1 atom stereocenters. The van der Waals surface area contributed by atoms with Crippen LogP contribution in [0.25, 0.3) is 0 Å². The number of amides is 2. The minimum absolute atomic E-state index is 0.119. The van der Waals surface area contributed by atoms with E-state index in [2.05, 4.69) is 5.32 Å². The smallest absolute Gasteiger partial charge is 0.243 e. The second kappa shape index (κ2) is 8.80. The number of nitrogens with one attached hydrogen (secondary N) is 1. The maximum atomic E-state index is 13.0. The predicted octanol–water partition coefficient (Wildman–Crippen LogP) is 3.16. The van der Waals surface area contributed by atoms with Crippen molar-refractivity contribution in [1.82, 2.24) is 4.31 Å². The van der Waals surface area contributed by atoms with E-state index in [0.29, 0.717) is 31.5 Å². The Morgan fingerprint density at radius 1 is 1.00 bits per heavy atom. The van der Waals surface area contributed by atoms with Crippen LogP contribution >= 0.6 is 0 Å². The third-order valence-corrected chi connectivity index (χ3v) is 7.81. The fraction of sp³-hybridized carbons (Fsp3) is 0.391. The molecule has 1 N–H and O–H groups in total. The van der Waals surface area contributed by atoms with E-state index in [1.165, 1.54) is 4.31 Å². The van der Waals surface area contributed by atoms with Crippen LogP contribution < -0.4 is 10.2 Å². The SMILES string of the molecule is Cc1ccc(S(=O)(=O)N2CCC[C@@H](C(=O)Nc3ccc(N4CCCC4=O)cc3)C2)cc1. The zero-order chi connectivity index (χ0) is 22.0. The normalized spacial score (nSPS) is 20.1. The summed E-state index contributed by atoms with van der Waals surface area (Å²) in [6, 6.07) is 14.0. The number of nitrogens with zero attached hydrogens (tertiary/aromatic N) is 2. The molecular weight excluding hydrogens is 414 g/mol. The van der Waals surface area contributed by atoms with Gasteiger partial charge in [-0.25, -0.2) is 8.42 Å². The van der Waals surface area contributed by atoms with Crippen molar-refractivity contribution in [3.63, 3.8) is 0 Å². The molecule has 2 aliphatic heterocycles. The van der Waals surface area contributed by atoms with Gasteiger partial charge in [-0.05, 0) is 62.6 Å². The van der Waals surface area contributed by atoms with Crippen molar-refractivity contribution in [2.75, 3.05) is 29.9 Å². The van der Waals surface area contributed by atoms with Crippen molar-refractivity contribution in [3.8, 4) is 0 Å². The molecule has 31 heavy (non-hydrogen) atoms. The summed E-state index contributed by atoms with van der Waals surface area (Å²) in [5, 5.41) is 2.90. The van der Waals surface area contributed by atoms with Crippen LogP contribution in [-0.2, 0) is 19.6 Å². The van der Waals surface area contributed by atoms with Crippen LogP contribution in [0.2, 0.25) is 0 Å². The number of carbonyl (C=O) groups is 2. The highest BCUT2D eigenvalue weighted by Gasteiger charge is 2.33. The number of piperidine rings is 1. The van der Waals surface area contributed by atoms with Gasteiger partial charge in [-0.3, -0.25) is 9.59 Å². The average molecular weight is 442 g/mol. The molecule has 2 aromatic carbocycles. The second-order valence-electron chi connectivity index (χ2n) is 8.20. The molecule has 2 saturated heterocycles. The van der Waals surface area contributed by atoms with Crippen molar-refractivity contribution in [2.45, 2.75) is 37.5 Å². The lowest BCUT2D eigenvalue weighted by Crippen LogP contribution is -2.43. The lowest BCUT2D eigenvalue weighted by atomic mass is 9.98. The van der Waals surface area contributed by atoms with Crippen LogP contribution in [0.15, 0.2) is 53.4 Å². The Balaban J connectivity index is 1.41. The van der Waals surface area contributed by atoms with Gasteiger partial charge in [0.15, 0.2) is 0 Å². The molecule has 2 aliphatic rings. The van der Waals surface area contributed by atoms with E-state index in [1.807, 2.05) is 19.1 Å². The van der Waals surface area contributed by atoms with E-state index in [-0.39, 0.29) is 23.3 Å². The Bertz CT molecular complexity index is 1070. The molecule has 0 unspecified atom stereocenters. The third kappa shape index (κ3) is 4.65. The summed E-state index contributed by atoms with van der Waals surface area (Å²) in [4.78, 5) is 26.7. The number of aryl methyl sites for hydroxylation is 1. The molecular formula is C23H27N3O4S. The van der Waals surface area contributed by atoms with Crippen molar-refractivity contribution in [2.24, 2.45) is 5.92 Å². The number of anilines is 2. The Morgan fingerprint density at radius 3 is 2.35 bits per heavy atom. The molecule has 2 fully saturated rings. The first-order chi connectivity index (χ1) is 14.8. The first kappa shape index (κ1) is 21.5. The first-order valence-corrected chi connectivity index (χ1v) is 12.1. The highest BCUT2D eigenvalue weighted by atomic mass is 32.2. The van der Waals surface area contributed by atoms with E-state index in [9.17, 15) is 18.0 Å². The number of hydrogen-bond acceptors (Lipinski definition) is 4. The molecule has 4 rings (SSSR count). The van der Waals surface area contributed by atoms with E-state index in [0.717, 1.165) is 24.2 Å². The standard InChI is InChI=1S/C23H27N3O4S/c1-17-6-12-21(13-7-17)31(29,30)25-14-2-4-18(16-25)23(28)24-19-8-10-20(11-9-19)26-15-3-5-22(26)27/h6-13,18H,2-5,14-16H2,1H3,(H,24,28)/t18-/m1/s1. The quantitative estimate of drug-likeness (QED) is 0.772. The lowest BCUT2D eigenvalue weighted by molar-refractivity contribution is -0.121. The molecule has 2 heterocycles. The van der Waals surface area contributed by atoms with Gasteiger partial charge >= 0.3 is 0 Å². The second-order valence-corrected chi connectivity index (χ2v) is 10.1. The third-order valence-electron chi connectivity index (χ3n) is 5.93. The number of hydrogen-bond donors (Lipinski definition) is 1. The predicted molar refractivity (Wildman–Crippen MR) is 119 cm³/mol. The summed E-state index contributed by atoms with van der Waals surface area (Å²) < 4.78 is 27.4. The van der Waals surface area contributed by atoms with Gasteiger partial charge in [0, 0.05) is 37.4 Å². The van der Waals surface area contributed by atoms with Gasteiger partial charge in [0.25, 0.3) is 0 Å². The van der Waals surface area contributed by atoms with E-state index >= 15 is 0 Å². The number of sulfonamides is 1.